The molecule has 1 aromatic rings. The van der Waals surface area contributed by atoms with E-state index in [4.69, 9.17) is 0 Å². The van der Waals surface area contributed by atoms with Crippen LogP contribution in [0.3, 0.4) is 0 Å². The highest BCUT2D eigenvalue weighted by Crippen LogP contribution is 2.30. The molecule has 0 unspecified atom stereocenters. The number of hydrogen-bond donors (Lipinski definition) is 2. The molecule has 6 heteroatoms. The molecule has 2 rings (SSSR count). The van der Waals surface area contributed by atoms with Crippen molar-refractivity contribution in [1.82, 2.24) is 0 Å². The molecule has 0 radical (unpaired) electrons. The van der Waals surface area contributed by atoms with Gasteiger partial charge in [0, 0.05) is 0 Å². The second-order valence-corrected chi connectivity index (χ2v) is 3.55. The number of carbonyl (C=O) groups excluding carboxylic acids is 1. The Balaban J connectivity index is 2.18. The minimum Gasteiger partial charge on any atom is -0.372 e. The van der Waals surface area contributed by atoms with Crippen molar-refractivity contribution in [3.05, 3.63) is 24.3 Å². The minimum absolute atomic E-state index is 0.505. The number of para-hydroxylation sites is 2. The van der Waals surface area contributed by atoms with Gasteiger partial charge in [-0.3, -0.25) is 4.79 Å². The number of hydrogen-bond acceptors (Lipinski definition) is 2. The summed E-state index contributed by atoms with van der Waals surface area (Å²) in [5, 5.41) is 5.00. The van der Waals surface area contributed by atoms with Crippen LogP contribution in [-0.4, -0.2) is 18.1 Å². The lowest BCUT2D eigenvalue weighted by molar-refractivity contribution is -0.144. The Morgan fingerprint density at radius 1 is 1.19 bits per heavy atom. The quantitative estimate of drug-likeness (QED) is 0.777. The maximum absolute atomic E-state index is 12.2. The van der Waals surface area contributed by atoms with Crippen molar-refractivity contribution >= 4 is 17.3 Å². The molecule has 0 spiro atoms. The molecule has 1 aliphatic heterocycles. The van der Waals surface area contributed by atoms with Gasteiger partial charge in [0.15, 0.2) is 0 Å². The third-order valence-electron chi connectivity index (χ3n) is 2.27. The van der Waals surface area contributed by atoms with Gasteiger partial charge in [-0.25, -0.2) is 0 Å². The number of halogens is 3. The van der Waals surface area contributed by atoms with E-state index in [1.807, 2.05) is 0 Å². The fourth-order valence-corrected chi connectivity index (χ4v) is 1.57. The van der Waals surface area contributed by atoms with Crippen molar-refractivity contribution in [2.45, 2.75) is 18.6 Å². The number of nitrogens with one attached hydrogen (secondary N) is 2. The average Bonchev–Trinajstić information content (AvgIpc) is 2.17. The zero-order chi connectivity index (χ0) is 11.8. The zero-order valence-electron chi connectivity index (χ0n) is 8.14. The lowest BCUT2D eigenvalue weighted by Crippen LogP contribution is -2.41. The van der Waals surface area contributed by atoms with E-state index in [2.05, 4.69) is 10.6 Å². The molecule has 0 aromatic heterocycles. The normalized spacial score (nSPS) is 19.7. The van der Waals surface area contributed by atoms with Crippen LogP contribution < -0.4 is 10.6 Å². The molecule has 1 atom stereocenters. The van der Waals surface area contributed by atoms with Crippen molar-refractivity contribution in [1.29, 1.82) is 0 Å². The standard InChI is InChI=1S/C10H9F3N2O/c11-10(12,13)5-8-9(16)15-7-4-2-1-3-6(7)14-8/h1-4,8,14H,5H2,(H,15,16)/t8-/m1/s1. The van der Waals surface area contributed by atoms with Gasteiger partial charge in [-0.15, -0.1) is 0 Å². The number of fused-ring (bicyclic) bond motifs is 1. The van der Waals surface area contributed by atoms with Gasteiger partial charge in [-0.1, -0.05) is 12.1 Å². The van der Waals surface area contributed by atoms with Crippen LogP contribution in [0.2, 0.25) is 0 Å². The van der Waals surface area contributed by atoms with Crippen LogP contribution in [0.5, 0.6) is 0 Å². The summed E-state index contributed by atoms with van der Waals surface area (Å²) >= 11 is 0. The van der Waals surface area contributed by atoms with E-state index in [1.165, 1.54) is 0 Å². The molecule has 0 aliphatic carbocycles. The molecular formula is C10H9F3N2O. The van der Waals surface area contributed by atoms with Crippen LogP contribution in [0.1, 0.15) is 6.42 Å². The molecule has 0 bridgehead atoms. The Morgan fingerprint density at radius 2 is 1.81 bits per heavy atom. The summed E-state index contributed by atoms with van der Waals surface area (Å²) in [4.78, 5) is 11.4. The summed E-state index contributed by atoms with van der Waals surface area (Å²) in [6, 6.07) is 5.39. The molecule has 0 saturated heterocycles. The largest absolute Gasteiger partial charge is 0.391 e. The zero-order valence-corrected chi connectivity index (χ0v) is 8.14. The molecule has 1 aromatic carbocycles. The molecule has 1 amide bonds. The Morgan fingerprint density at radius 3 is 2.44 bits per heavy atom. The van der Waals surface area contributed by atoms with Crippen LogP contribution in [0.15, 0.2) is 24.3 Å². The monoisotopic (exact) mass is 230 g/mol. The van der Waals surface area contributed by atoms with Gasteiger partial charge in [0.05, 0.1) is 17.8 Å². The predicted octanol–water partition coefficient (Wildman–Crippen LogP) is 2.37. The first-order valence-electron chi connectivity index (χ1n) is 4.69. The smallest absolute Gasteiger partial charge is 0.372 e. The molecule has 2 N–H and O–H groups in total. The summed E-state index contributed by atoms with van der Waals surface area (Å²) in [5.41, 5.74) is 1.02. The van der Waals surface area contributed by atoms with Gasteiger partial charge in [0.2, 0.25) is 5.91 Å². The van der Waals surface area contributed by atoms with E-state index >= 15 is 0 Å². The fourth-order valence-electron chi connectivity index (χ4n) is 1.57. The highest BCUT2D eigenvalue weighted by Gasteiger charge is 2.37. The maximum atomic E-state index is 12.2. The van der Waals surface area contributed by atoms with Crippen LogP contribution >= 0.6 is 0 Å². The first-order chi connectivity index (χ1) is 7.46. The summed E-state index contributed by atoms with van der Waals surface area (Å²) in [6.07, 6.45) is -5.53. The topological polar surface area (TPSA) is 41.1 Å². The maximum Gasteiger partial charge on any atom is 0.391 e. The van der Waals surface area contributed by atoms with Gasteiger partial charge < -0.3 is 10.6 Å². The number of rotatable bonds is 1. The molecule has 3 nitrogen and oxygen atoms in total. The van der Waals surface area contributed by atoms with Gasteiger partial charge in [0.1, 0.15) is 6.04 Å². The van der Waals surface area contributed by atoms with E-state index in [9.17, 15) is 18.0 Å². The second-order valence-electron chi connectivity index (χ2n) is 3.55. The molecule has 86 valence electrons. The third-order valence-corrected chi connectivity index (χ3v) is 2.27. The Hall–Kier alpha value is -1.72. The van der Waals surface area contributed by atoms with Crippen molar-refractivity contribution in [3.63, 3.8) is 0 Å². The molecule has 0 fully saturated rings. The number of benzene rings is 1. The van der Waals surface area contributed by atoms with E-state index in [1.54, 1.807) is 24.3 Å². The lowest BCUT2D eigenvalue weighted by atomic mass is 10.1. The summed E-state index contributed by atoms with van der Waals surface area (Å²) < 4.78 is 36.5. The van der Waals surface area contributed by atoms with Gasteiger partial charge in [-0.2, -0.15) is 13.2 Å². The first-order valence-corrected chi connectivity index (χ1v) is 4.69. The average molecular weight is 230 g/mol. The second kappa shape index (κ2) is 3.70. The Kier molecular flexibility index (Phi) is 2.49. The van der Waals surface area contributed by atoms with Crippen molar-refractivity contribution in [2.75, 3.05) is 10.6 Å². The Bertz CT molecular complexity index is 417. The molecule has 1 heterocycles. The summed E-state index contributed by atoms with van der Waals surface area (Å²) in [5.74, 6) is -0.656. The molecule has 16 heavy (non-hydrogen) atoms. The van der Waals surface area contributed by atoms with Crippen molar-refractivity contribution in [3.8, 4) is 0 Å². The van der Waals surface area contributed by atoms with Crippen molar-refractivity contribution < 1.29 is 18.0 Å². The van der Waals surface area contributed by atoms with Crippen LogP contribution in [0.25, 0.3) is 0 Å². The van der Waals surface area contributed by atoms with Crippen molar-refractivity contribution in [2.24, 2.45) is 0 Å². The van der Waals surface area contributed by atoms with Gasteiger partial charge in [-0.05, 0) is 12.1 Å². The van der Waals surface area contributed by atoms with E-state index in [0.717, 1.165) is 0 Å². The predicted molar refractivity (Wildman–Crippen MR) is 53.2 cm³/mol. The molecular weight excluding hydrogens is 221 g/mol. The SMILES string of the molecule is O=C1Nc2ccccc2N[C@@H]1CC(F)(F)F. The summed E-state index contributed by atoms with van der Waals surface area (Å²) in [6.45, 7) is 0. The van der Waals surface area contributed by atoms with Crippen LogP contribution in [-0.2, 0) is 4.79 Å². The number of amides is 1. The highest BCUT2D eigenvalue weighted by molar-refractivity contribution is 6.02. The highest BCUT2D eigenvalue weighted by atomic mass is 19.4. The lowest BCUT2D eigenvalue weighted by Gasteiger charge is -2.27. The third kappa shape index (κ3) is 2.26. The van der Waals surface area contributed by atoms with Gasteiger partial charge >= 0.3 is 6.18 Å². The first kappa shape index (κ1) is 10.8. The Labute approximate surface area is 89.6 Å². The number of anilines is 2. The molecule has 0 saturated carbocycles. The summed E-state index contributed by atoms with van der Waals surface area (Å²) in [7, 11) is 0. The number of carbonyl (C=O) groups is 1. The van der Waals surface area contributed by atoms with Gasteiger partial charge in [0.25, 0.3) is 0 Å². The fraction of sp³-hybridized carbons (Fsp3) is 0.300. The van der Waals surface area contributed by atoms with E-state index < -0.39 is 24.5 Å². The van der Waals surface area contributed by atoms with E-state index in [-0.39, 0.29) is 0 Å². The van der Waals surface area contributed by atoms with E-state index in [0.29, 0.717) is 11.4 Å². The number of alkyl halides is 3. The molecule has 1 aliphatic rings. The van der Waals surface area contributed by atoms with Crippen LogP contribution in [0.4, 0.5) is 24.5 Å². The minimum atomic E-state index is -4.36. The van der Waals surface area contributed by atoms with Crippen LogP contribution in [0, 0.1) is 0 Å².